The number of rotatable bonds is 4. The first-order chi connectivity index (χ1) is 6.49. The first kappa shape index (κ1) is 12.0. The molecule has 0 aromatic carbocycles. The highest BCUT2D eigenvalue weighted by molar-refractivity contribution is 4.80. The second kappa shape index (κ2) is 4.19. The minimum absolute atomic E-state index is 0.393. The lowest BCUT2D eigenvalue weighted by atomic mass is 10.0. The van der Waals surface area contributed by atoms with Crippen molar-refractivity contribution in [3.63, 3.8) is 0 Å². The van der Waals surface area contributed by atoms with Gasteiger partial charge in [-0.2, -0.15) is 0 Å². The maximum absolute atomic E-state index is 2.67. The van der Waals surface area contributed by atoms with E-state index in [4.69, 9.17) is 0 Å². The van der Waals surface area contributed by atoms with Crippen molar-refractivity contribution in [3.05, 3.63) is 0 Å². The molecule has 1 aliphatic heterocycles. The molecule has 0 N–H and O–H groups in total. The van der Waals surface area contributed by atoms with Gasteiger partial charge in [-0.3, -0.25) is 0 Å². The molecule has 0 atom stereocenters. The summed E-state index contributed by atoms with van der Waals surface area (Å²) in [4.78, 5) is 2.67. The molecular weight excluding hydrogens is 172 g/mol. The maximum Gasteiger partial charge on any atom is 0.135 e. The zero-order valence-electron chi connectivity index (χ0n) is 10.6. The molecular formula is C12H27N2+. The van der Waals surface area contributed by atoms with Crippen LogP contribution in [0.25, 0.3) is 0 Å². The maximum atomic E-state index is 2.67. The fourth-order valence-corrected chi connectivity index (χ4v) is 2.29. The van der Waals surface area contributed by atoms with Crippen molar-refractivity contribution in [2.45, 2.75) is 46.6 Å². The summed E-state index contributed by atoms with van der Waals surface area (Å²) in [6.45, 7) is 18.1. The Balaban J connectivity index is 2.64. The van der Waals surface area contributed by atoms with Crippen LogP contribution in [0.4, 0.5) is 0 Å². The van der Waals surface area contributed by atoms with Crippen molar-refractivity contribution in [2.75, 3.05) is 32.8 Å². The zero-order chi connectivity index (χ0) is 10.8. The lowest BCUT2D eigenvalue weighted by molar-refractivity contribution is -0.917. The molecule has 1 saturated heterocycles. The molecule has 0 aromatic rings. The van der Waals surface area contributed by atoms with Gasteiger partial charge in [0, 0.05) is 5.54 Å². The first-order valence-corrected chi connectivity index (χ1v) is 6.10. The van der Waals surface area contributed by atoms with Crippen molar-refractivity contribution >= 4 is 0 Å². The number of hydrogen-bond acceptors (Lipinski definition) is 1. The fraction of sp³-hybridized carbons (Fsp3) is 1.00. The quantitative estimate of drug-likeness (QED) is 0.628. The SMILES string of the molecule is CCC(C)(C)N1CC[N+](CC)(CC)C1. The molecule has 2 nitrogen and oxygen atoms in total. The molecule has 0 spiro atoms. The summed E-state index contributed by atoms with van der Waals surface area (Å²) in [5.74, 6) is 0. The Morgan fingerprint density at radius 3 is 2.07 bits per heavy atom. The molecule has 0 bridgehead atoms. The van der Waals surface area contributed by atoms with Gasteiger partial charge in [0.2, 0.25) is 0 Å². The second-order valence-electron chi connectivity index (χ2n) is 5.27. The van der Waals surface area contributed by atoms with E-state index in [0.29, 0.717) is 5.54 Å². The van der Waals surface area contributed by atoms with Crippen LogP contribution in [0, 0.1) is 0 Å². The molecule has 0 aromatic heterocycles. The molecule has 1 aliphatic rings. The predicted molar refractivity (Wildman–Crippen MR) is 62.2 cm³/mol. The number of hydrogen-bond donors (Lipinski definition) is 0. The van der Waals surface area contributed by atoms with E-state index in [1.165, 1.54) is 43.8 Å². The van der Waals surface area contributed by atoms with Crippen LogP contribution in [-0.2, 0) is 0 Å². The van der Waals surface area contributed by atoms with Crippen LogP contribution in [0.1, 0.15) is 41.0 Å². The summed E-state index contributed by atoms with van der Waals surface area (Å²) in [6, 6.07) is 0. The van der Waals surface area contributed by atoms with Crippen LogP contribution in [0.2, 0.25) is 0 Å². The molecule has 0 saturated carbocycles. The lowest BCUT2D eigenvalue weighted by Crippen LogP contribution is -2.50. The van der Waals surface area contributed by atoms with Crippen LogP contribution in [0.5, 0.6) is 0 Å². The van der Waals surface area contributed by atoms with Gasteiger partial charge in [0.1, 0.15) is 6.67 Å². The van der Waals surface area contributed by atoms with Crippen LogP contribution in [0.15, 0.2) is 0 Å². The third-order valence-electron chi connectivity index (χ3n) is 4.38. The second-order valence-corrected chi connectivity index (χ2v) is 5.27. The summed E-state index contributed by atoms with van der Waals surface area (Å²) in [6.07, 6.45) is 1.25. The molecule has 1 fully saturated rings. The largest absolute Gasteiger partial charge is 0.310 e. The Morgan fingerprint density at radius 2 is 1.71 bits per heavy atom. The van der Waals surface area contributed by atoms with Crippen molar-refractivity contribution in [3.8, 4) is 0 Å². The number of quaternary nitrogens is 1. The topological polar surface area (TPSA) is 3.24 Å². The summed E-state index contributed by atoms with van der Waals surface area (Å²) >= 11 is 0. The number of likely N-dealkylation sites (N-methyl/N-ethyl adjacent to an activating group) is 1. The molecule has 0 unspecified atom stereocenters. The standard InChI is InChI=1S/C12H27N2/c1-6-12(4,5)13-9-10-14(7-2,8-3)11-13/h6-11H2,1-5H3/q+1. The van der Waals surface area contributed by atoms with Gasteiger partial charge in [0.25, 0.3) is 0 Å². The van der Waals surface area contributed by atoms with E-state index in [1.54, 1.807) is 0 Å². The van der Waals surface area contributed by atoms with Crippen LogP contribution in [-0.4, -0.2) is 47.8 Å². The van der Waals surface area contributed by atoms with E-state index in [9.17, 15) is 0 Å². The normalized spacial score (nSPS) is 22.9. The van der Waals surface area contributed by atoms with Crippen molar-refractivity contribution in [1.29, 1.82) is 0 Å². The zero-order valence-corrected chi connectivity index (χ0v) is 10.6. The van der Waals surface area contributed by atoms with E-state index < -0.39 is 0 Å². The third kappa shape index (κ3) is 2.12. The van der Waals surface area contributed by atoms with Crippen molar-refractivity contribution < 1.29 is 4.48 Å². The minimum atomic E-state index is 0.393. The molecule has 14 heavy (non-hydrogen) atoms. The molecule has 2 heteroatoms. The molecule has 84 valence electrons. The van der Waals surface area contributed by atoms with Gasteiger partial charge >= 0.3 is 0 Å². The first-order valence-electron chi connectivity index (χ1n) is 6.10. The Labute approximate surface area is 89.5 Å². The smallest absolute Gasteiger partial charge is 0.135 e. The summed E-state index contributed by atoms with van der Waals surface area (Å²) in [5.41, 5.74) is 0.393. The van der Waals surface area contributed by atoms with Gasteiger partial charge < -0.3 is 4.48 Å². The van der Waals surface area contributed by atoms with E-state index in [2.05, 4.69) is 39.5 Å². The van der Waals surface area contributed by atoms with Gasteiger partial charge in [-0.1, -0.05) is 6.92 Å². The Morgan fingerprint density at radius 1 is 1.14 bits per heavy atom. The molecule has 1 rings (SSSR count). The molecule has 0 amide bonds. The van der Waals surface area contributed by atoms with Gasteiger partial charge in [0.05, 0.1) is 26.2 Å². The monoisotopic (exact) mass is 199 g/mol. The van der Waals surface area contributed by atoms with Crippen LogP contribution < -0.4 is 0 Å². The van der Waals surface area contributed by atoms with Crippen molar-refractivity contribution in [1.82, 2.24) is 4.90 Å². The van der Waals surface area contributed by atoms with Gasteiger partial charge in [-0.05, 0) is 34.1 Å². The van der Waals surface area contributed by atoms with E-state index in [1.807, 2.05) is 0 Å². The van der Waals surface area contributed by atoms with Gasteiger partial charge in [-0.15, -0.1) is 0 Å². The van der Waals surface area contributed by atoms with Crippen LogP contribution in [0.3, 0.4) is 0 Å². The Bertz CT molecular complexity index is 183. The van der Waals surface area contributed by atoms with E-state index in [-0.39, 0.29) is 0 Å². The van der Waals surface area contributed by atoms with Crippen LogP contribution >= 0.6 is 0 Å². The van der Waals surface area contributed by atoms with E-state index >= 15 is 0 Å². The average Bonchev–Trinajstić information content (AvgIpc) is 2.63. The summed E-state index contributed by atoms with van der Waals surface area (Å²) in [7, 11) is 0. The number of nitrogens with zero attached hydrogens (tertiary/aromatic N) is 2. The predicted octanol–water partition coefficient (Wildman–Crippen LogP) is 2.30. The fourth-order valence-electron chi connectivity index (χ4n) is 2.29. The third-order valence-corrected chi connectivity index (χ3v) is 4.38. The summed E-state index contributed by atoms with van der Waals surface area (Å²) in [5, 5.41) is 0. The van der Waals surface area contributed by atoms with Gasteiger partial charge in [0.15, 0.2) is 0 Å². The highest BCUT2D eigenvalue weighted by Gasteiger charge is 2.39. The minimum Gasteiger partial charge on any atom is -0.310 e. The molecule has 0 aliphatic carbocycles. The highest BCUT2D eigenvalue weighted by atomic mass is 15.5. The highest BCUT2D eigenvalue weighted by Crippen LogP contribution is 2.26. The average molecular weight is 199 g/mol. The summed E-state index contributed by atoms with van der Waals surface area (Å²) < 4.78 is 1.30. The lowest BCUT2D eigenvalue weighted by Gasteiger charge is -2.37. The Hall–Kier alpha value is -0.0800. The molecule has 1 heterocycles. The van der Waals surface area contributed by atoms with Crippen molar-refractivity contribution in [2.24, 2.45) is 0 Å². The Kier molecular flexibility index (Phi) is 3.59. The van der Waals surface area contributed by atoms with Gasteiger partial charge in [-0.25, -0.2) is 4.90 Å². The molecule has 0 radical (unpaired) electrons. The van der Waals surface area contributed by atoms with E-state index in [0.717, 1.165) is 0 Å².